The van der Waals surface area contributed by atoms with E-state index in [2.05, 4.69) is 30.8 Å². The zero-order chi connectivity index (χ0) is 16.3. The van der Waals surface area contributed by atoms with Crippen LogP contribution in [0.2, 0.25) is 0 Å². The average molecular weight is 333 g/mol. The molecular formula is C15H28N2O2S2. The van der Waals surface area contributed by atoms with E-state index in [1.54, 1.807) is 6.07 Å². The fourth-order valence-electron chi connectivity index (χ4n) is 2.72. The Morgan fingerprint density at radius 1 is 1.19 bits per heavy atom. The van der Waals surface area contributed by atoms with Crippen LogP contribution in [0, 0.1) is 5.41 Å². The molecular weight excluding hydrogens is 304 g/mol. The SMILES string of the molecule is CCNCc1sccc1S(=O)(=O)NC(C)(C)CC(C)(C)C. The monoisotopic (exact) mass is 332 g/mol. The van der Waals surface area contributed by atoms with E-state index in [-0.39, 0.29) is 5.41 Å². The molecule has 6 heteroatoms. The third-order valence-electron chi connectivity index (χ3n) is 2.91. The molecule has 0 amide bonds. The predicted octanol–water partition coefficient (Wildman–Crippen LogP) is 3.35. The van der Waals surface area contributed by atoms with Gasteiger partial charge in [0, 0.05) is 17.0 Å². The first-order valence-electron chi connectivity index (χ1n) is 7.28. The molecule has 1 heterocycles. The highest BCUT2D eigenvalue weighted by Crippen LogP contribution is 2.29. The van der Waals surface area contributed by atoms with Gasteiger partial charge in [-0.15, -0.1) is 11.3 Å². The number of thiophene rings is 1. The van der Waals surface area contributed by atoms with Crippen molar-refractivity contribution in [2.75, 3.05) is 6.54 Å². The summed E-state index contributed by atoms with van der Waals surface area (Å²) in [5.74, 6) is 0. The van der Waals surface area contributed by atoms with Crippen molar-refractivity contribution in [1.29, 1.82) is 0 Å². The largest absolute Gasteiger partial charge is 0.312 e. The molecule has 2 N–H and O–H groups in total. The Labute approximate surface area is 133 Å². The molecule has 0 saturated heterocycles. The normalized spacial score (nSPS) is 13.6. The van der Waals surface area contributed by atoms with E-state index in [0.29, 0.717) is 11.4 Å². The van der Waals surface area contributed by atoms with Crippen molar-refractivity contribution in [2.45, 2.75) is 64.9 Å². The molecule has 4 nitrogen and oxygen atoms in total. The molecule has 0 aromatic carbocycles. The predicted molar refractivity (Wildman–Crippen MR) is 90.2 cm³/mol. The molecule has 122 valence electrons. The number of rotatable bonds is 7. The lowest BCUT2D eigenvalue weighted by Gasteiger charge is -2.33. The van der Waals surface area contributed by atoms with Crippen LogP contribution in [-0.4, -0.2) is 20.5 Å². The van der Waals surface area contributed by atoms with E-state index in [1.165, 1.54) is 11.3 Å². The Kier molecular flexibility index (Phi) is 6.00. The van der Waals surface area contributed by atoms with Crippen molar-refractivity contribution in [1.82, 2.24) is 10.0 Å². The van der Waals surface area contributed by atoms with Crippen LogP contribution >= 0.6 is 11.3 Å². The third kappa shape index (κ3) is 6.06. The van der Waals surface area contributed by atoms with Crippen molar-refractivity contribution < 1.29 is 8.42 Å². The summed E-state index contributed by atoms with van der Waals surface area (Å²) in [5.41, 5.74) is -0.415. The summed E-state index contributed by atoms with van der Waals surface area (Å²) in [7, 11) is -3.49. The molecule has 0 spiro atoms. The van der Waals surface area contributed by atoms with E-state index in [4.69, 9.17) is 0 Å². The number of hydrogen-bond donors (Lipinski definition) is 2. The molecule has 0 fully saturated rings. The maximum Gasteiger partial charge on any atom is 0.242 e. The van der Waals surface area contributed by atoms with Crippen LogP contribution in [0.15, 0.2) is 16.3 Å². The van der Waals surface area contributed by atoms with Gasteiger partial charge in [0.05, 0.1) is 4.90 Å². The van der Waals surface area contributed by atoms with Crippen LogP contribution in [0.5, 0.6) is 0 Å². The van der Waals surface area contributed by atoms with Gasteiger partial charge in [-0.1, -0.05) is 27.7 Å². The highest BCUT2D eigenvalue weighted by Gasteiger charge is 2.31. The fourth-order valence-corrected chi connectivity index (χ4v) is 5.54. The van der Waals surface area contributed by atoms with Gasteiger partial charge in [-0.3, -0.25) is 0 Å². The van der Waals surface area contributed by atoms with E-state index in [0.717, 1.165) is 17.8 Å². The second-order valence-electron chi connectivity index (χ2n) is 7.22. The van der Waals surface area contributed by atoms with Crippen LogP contribution < -0.4 is 10.0 Å². The molecule has 0 aliphatic rings. The summed E-state index contributed by atoms with van der Waals surface area (Å²) >= 11 is 1.47. The first-order chi connectivity index (χ1) is 9.47. The number of hydrogen-bond acceptors (Lipinski definition) is 4. The van der Waals surface area contributed by atoms with Crippen LogP contribution in [0.4, 0.5) is 0 Å². The molecule has 0 aliphatic heterocycles. The summed E-state index contributed by atoms with van der Waals surface area (Å²) in [6.45, 7) is 13.6. The topological polar surface area (TPSA) is 58.2 Å². The van der Waals surface area contributed by atoms with Gasteiger partial charge in [0.1, 0.15) is 0 Å². The van der Waals surface area contributed by atoms with E-state index in [1.807, 2.05) is 26.2 Å². The fraction of sp³-hybridized carbons (Fsp3) is 0.733. The minimum absolute atomic E-state index is 0.0628. The van der Waals surface area contributed by atoms with Gasteiger partial charge in [-0.25, -0.2) is 13.1 Å². The first-order valence-corrected chi connectivity index (χ1v) is 9.64. The van der Waals surface area contributed by atoms with Crippen molar-refractivity contribution in [3.63, 3.8) is 0 Å². The van der Waals surface area contributed by atoms with Gasteiger partial charge < -0.3 is 5.32 Å². The van der Waals surface area contributed by atoms with Crippen LogP contribution in [0.25, 0.3) is 0 Å². The smallest absolute Gasteiger partial charge is 0.242 e. The highest BCUT2D eigenvalue weighted by atomic mass is 32.2. The summed E-state index contributed by atoms with van der Waals surface area (Å²) in [4.78, 5) is 1.26. The van der Waals surface area contributed by atoms with E-state index >= 15 is 0 Å². The molecule has 0 aliphatic carbocycles. The average Bonchev–Trinajstić information content (AvgIpc) is 2.69. The van der Waals surface area contributed by atoms with Gasteiger partial charge >= 0.3 is 0 Å². The Balaban J connectivity index is 2.94. The Bertz CT molecular complexity index is 554. The number of sulfonamides is 1. The summed E-state index contributed by atoms with van der Waals surface area (Å²) in [6.07, 6.45) is 0.770. The molecule has 0 atom stereocenters. The molecule has 1 aromatic heterocycles. The Hall–Kier alpha value is -0.430. The standard InChI is InChI=1S/C15H28N2O2S2/c1-7-16-10-12-13(8-9-20-12)21(18,19)17-15(5,6)11-14(2,3)4/h8-9,16-17H,7,10-11H2,1-6H3. The Morgan fingerprint density at radius 3 is 2.33 bits per heavy atom. The molecule has 0 bridgehead atoms. The Morgan fingerprint density at radius 2 is 1.81 bits per heavy atom. The number of nitrogens with one attached hydrogen (secondary N) is 2. The van der Waals surface area contributed by atoms with E-state index in [9.17, 15) is 8.42 Å². The van der Waals surface area contributed by atoms with Crippen LogP contribution in [0.1, 0.15) is 52.8 Å². The lowest BCUT2D eigenvalue weighted by Crippen LogP contribution is -2.45. The van der Waals surface area contributed by atoms with Crippen molar-refractivity contribution in [3.05, 3.63) is 16.3 Å². The van der Waals surface area contributed by atoms with Gasteiger partial charge in [-0.2, -0.15) is 0 Å². The first kappa shape index (κ1) is 18.6. The summed E-state index contributed by atoms with van der Waals surface area (Å²) in [5, 5.41) is 5.01. The van der Waals surface area contributed by atoms with Gasteiger partial charge in [0.2, 0.25) is 10.0 Å². The molecule has 0 radical (unpaired) electrons. The zero-order valence-corrected chi connectivity index (χ0v) is 15.5. The highest BCUT2D eigenvalue weighted by molar-refractivity contribution is 7.89. The summed E-state index contributed by atoms with van der Waals surface area (Å²) in [6, 6.07) is 1.69. The van der Waals surface area contributed by atoms with Gasteiger partial charge in [0.25, 0.3) is 0 Å². The molecule has 0 unspecified atom stereocenters. The minimum Gasteiger partial charge on any atom is -0.312 e. The second-order valence-corrected chi connectivity index (χ2v) is 9.87. The zero-order valence-electron chi connectivity index (χ0n) is 13.9. The van der Waals surface area contributed by atoms with Gasteiger partial charge in [-0.05, 0) is 43.7 Å². The van der Waals surface area contributed by atoms with Crippen molar-refractivity contribution >= 4 is 21.4 Å². The lowest BCUT2D eigenvalue weighted by atomic mass is 9.82. The quantitative estimate of drug-likeness (QED) is 0.805. The van der Waals surface area contributed by atoms with Crippen LogP contribution in [0.3, 0.4) is 0 Å². The van der Waals surface area contributed by atoms with Crippen LogP contribution in [-0.2, 0) is 16.6 Å². The second kappa shape index (κ2) is 6.77. The maximum atomic E-state index is 12.6. The molecule has 21 heavy (non-hydrogen) atoms. The lowest BCUT2D eigenvalue weighted by molar-refractivity contribution is 0.269. The van der Waals surface area contributed by atoms with Crippen molar-refractivity contribution in [2.24, 2.45) is 5.41 Å². The third-order valence-corrected chi connectivity index (χ3v) is 5.75. The summed E-state index contributed by atoms with van der Waals surface area (Å²) < 4.78 is 28.2. The van der Waals surface area contributed by atoms with E-state index < -0.39 is 15.6 Å². The maximum absolute atomic E-state index is 12.6. The molecule has 0 saturated carbocycles. The van der Waals surface area contributed by atoms with Gasteiger partial charge in [0.15, 0.2) is 0 Å². The van der Waals surface area contributed by atoms with Crippen molar-refractivity contribution in [3.8, 4) is 0 Å². The molecule has 1 aromatic rings. The minimum atomic E-state index is -3.49. The molecule has 1 rings (SSSR count).